The molecule has 2 heteroatoms. The summed E-state index contributed by atoms with van der Waals surface area (Å²) in [6.45, 7) is 2.23. The Morgan fingerprint density at radius 3 is 1.08 bits per heavy atom. The highest BCUT2D eigenvalue weighted by Crippen LogP contribution is 1.85. The summed E-state index contributed by atoms with van der Waals surface area (Å²) in [6.07, 6.45) is 12.5. The first-order chi connectivity index (χ1) is 4.50. The molecule has 0 heterocycles. The van der Waals surface area contributed by atoms with Crippen LogP contribution in [0.1, 0.15) is 28.2 Å². The number of hydrogen-bond donors (Lipinski definition) is 0. The smallest absolute Gasteiger partial charge is 0.0776 e. The lowest BCUT2D eigenvalue weighted by atomic mass is 10.6. The summed E-state index contributed by atoms with van der Waals surface area (Å²) < 4.78 is 0. The van der Waals surface area contributed by atoms with E-state index in [9.17, 15) is 0 Å². The van der Waals surface area contributed by atoms with E-state index in [2.05, 4.69) is 38.2 Å². The fourth-order valence-corrected chi connectivity index (χ4v) is 1.22. The molecule has 80 valence electrons. The van der Waals surface area contributed by atoms with Crippen LogP contribution >= 0.6 is 0 Å². The first kappa shape index (κ1) is 23.0. The highest BCUT2D eigenvalue weighted by molar-refractivity contribution is 7.95. The van der Waals surface area contributed by atoms with Gasteiger partial charge in [0.15, 0.2) is 0 Å². The lowest BCUT2D eigenvalue weighted by Gasteiger charge is -1.87. The Kier molecular flexibility index (Phi) is 33.9. The van der Waals surface area contributed by atoms with Crippen molar-refractivity contribution in [2.45, 2.75) is 28.2 Å². The number of rotatable bonds is 2. The van der Waals surface area contributed by atoms with Gasteiger partial charge in [-0.3, -0.25) is 0 Å². The molecule has 0 aromatic rings. The Labute approximate surface area is 87.2 Å². The zero-order valence-corrected chi connectivity index (χ0v) is 9.86. The van der Waals surface area contributed by atoms with E-state index < -0.39 is 0 Å². The molecule has 0 fully saturated rings. The average molecular weight is 214 g/mol. The van der Waals surface area contributed by atoms with Crippen LogP contribution in [0.5, 0.6) is 0 Å². The van der Waals surface area contributed by atoms with E-state index in [1.165, 1.54) is 12.2 Å². The van der Waals surface area contributed by atoms with Crippen LogP contribution in [0.15, 0.2) is 0 Å². The molecule has 0 radical (unpaired) electrons. The van der Waals surface area contributed by atoms with Crippen LogP contribution in [-0.4, -0.2) is 37.0 Å². The Balaban J connectivity index is -0.0000000483. The standard InChI is InChI=1S/C5H13S.C3H9S.2CH4/c1-4-5-6(2)3;1-4(2)3;;/h4-5H2,1-3H3;1-3H3;2*1H4/q2*+1;;. The van der Waals surface area contributed by atoms with Gasteiger partial charge in [-0.15, -0.1) is 0 Å². The van der Waals surface area contributed by atoms with Crippen molar-refractivity contribution in [2.75, 3.05) is 37.0 Å². The van der Waals surface area contributed by atoms with Gasteiger partial charge in [0.25, 0.3) is 0 Å². The normalized spacial score (nSPS) is 8.00. The van der Waals surface area contributed by atoms with Crippen molar-refractivity contribution in [3.05, 3.63) is 0 Å². The molecule has 0 spiro atoms. The van der Waals surface area contributed by atoms with Crippen LogP contribution in [0.25, 0.3) is 0 Å². The van der Waals surface area contributed by atoms with Gasteiger partial charge in [0.2, 0.25) is 0 Å². The molecule has 0 saturated carbocycles. The van der Waals surface area contributed by atoms with Gasteiger partial charge in [-0.1, -0.05) is 21.8 Å². The molecular weight excluding hydrogens is 184 g/mol. The summed E-state index contributed by atoms with van der Waals surface area (Å²) in [6, 6.07) is 0. The maximum Gasteiger partial charge on any atom is 0.107 e. The van der Waals surface area contributed by atoms with Gasteiger partial charge >= 0.3 is 0 Å². The Morgan fingerprint density at radius 2 is 1.08 bits per heavy atom. The van der Waals surface area contributed by atoms with Crippen molar-refractivity contribution in [3.8, 4) is 0 Å². The van der Waals surface area contributed by atoms with Crippen molar-refractivity contribution in [1.82, 2.24) is 0 Å². The van der Waals surface area contributed by atoms with Gasteiger partial charge in [0, 0.05) is 0 Å². The molecule has 0 amide bonds. The molecule has 0 aromatic carbocycles. The molecule has 0 aromatic heterocycles. The van der Waals surface area contributed by atoms with Crippen molar-refractivity contribution in [1.29, 1.82) is 0 Å². The second-order valence-electron chi connectivity index (χ2n) is 2.91. The second-order valence-corrected chi connectivity index (χ2v) is 7.74. The fourth-order valence-electron chi connectivity index (χ4n) is 0.408. The highest BCUT2D eigenvalue weighted by Gasteiger charge is 1.94. The first-order valence-corrected chi connectivity index (χ1v) is 8.20. The molecule has 12 heavy (non-hydrogen) atoms. The summed E-state index contributed by atoms with van der Waals surface area (Å²) in [5, 5.41) is 0. The topological polar surface area (TPSA) is 0 Å². The van der Waals surface area contributed by atoms with Crippen LogP contribution in [0, 0.1) is 0 Å². The van der Waals surface area contributed by atoms with E-state index in [0.717, 1.165) is 0 Å². The fraction of sp³-hybridized carbons (Fsp3) is 1.00. The van der Waals surface area contributed by atoms with Gasteiger partial charge in [-0.2, -0.15) is 0 Å². The number of hydrogen-bond acceptors (Lipinski definition) is 0. The SMILES string of the molecule is C.C.CCC[S+](C)C.C[S+](C)C. The highest BCUT2D eigenvalue weighted by atomic mass is 32.2. The molecule has 0 aliphatic carbocycles. The molecule has 0 unspecified atom stereocenters. The molecule has 0 nitrogen and oxygen atoms in total. The predicted molar refractivity (Wildman–Crippen MR) is 73.0 cm³/mol. The minimum Gasteiger partial charge on any atom is -0.0776 e. The minimum atomic E-state index is 0. The Hall–Kier alpha value is 0.700. The van der Waals surface area contributed by atoms with Crippen molar-refractivity contribution >= 4 is 21.8 Å². The van der Waals surface area contributed by atoms with Gasteiger partial charge in [-0.05, 0) is 28.2 Å². The average Bonchev–Trinajstić information content (AvgIpc) is 1.62. The third kappa shape index (κ3) is 73.5. The van der Waals surface area contributed by atoms with Gasteiger partial charge in [0.1, 0.15) is 5.75 Å². The van der Waals surface area contributed by atoms with Crippen molar-refractivity contribution < 1.29 is 0 Å². The van der Waals surface area contributed by atoms with E-state index in [0.29, 0.717) is 21.8 Å². The molecule has 0 aliphatic heterocycles. The summed E-state index contributed by atoms with van der Waals surface area (Å²) in [5.41, 5.74) is 0. The van der Waals surface area contributed by atoms with E-state index in [1.54, 1.807) is 0 Å². The molecule has 0 rings (SSSR count). The van der Waals surface area contributed by atoms with Crippen LogP contribution in [0.3, 0.4) is 0 Å². The van der Waals surface area contributed by atoms with Crippen LogP contribution in [0.2, 0.25) is 0 Å². The largest absolute Gasteiger partial charge is 0.107 e. The monoisotopic (exact) mass is 214 g/mol. The maximum atomic E-state index is 2.28. The molecule has 0 bridgehead atoms. The van der Waals surface area contributed by atoms with Crippen LogP contribution in [0.4, 0.5) is 0 Å². The summed E-state index contributed by atoms with van der Waals surface area (Å²) >= 11 is 0. The third-order valence-corrected chi connectivity index (χ3v) is 1.84. The molecule has 0 atom stereocenters. The minimum absolute atomic E-state index is 0. The van der Waals surface area contributed by atoms with Crippen LogP contribution in [-0.2, 0) is 21.8 Å². The Bertz CT molecular complexity index is 49.0. The molecular formula is C10H30S2+2. The van der Waals surface area contributed by atoms with E-state index >= 15 is 0 Å². The second kappa shape index (κ2) is 17.7. The molecule has 0 saturated heterocycles. The van der Waals surface area contributed by atoms with Crippen molar-refractivity contribution in [2.24, 2.45) is 0 Å². The lowest BCUT2D eigenvalue weighted by molar-refractivity contribution is 1.10. The molecule has 0 aliphatic rings. The van der Waals surface area contributed by atoms with Gasteiger partial charge in [0.05, 0.1) is 31.3 Å². The summed E-state index contributed by atoms with van der Waals surface area (Å²) in [7, 11) is 1.32. The van der Waals surface area contributed by atoms with Gasteiger partial charge < -0.3 is 0 Å². The molecule has 0 N–H and O–H groups in total. The van der Waals surface area contributed by atoms with E-state index in [1.807, 2.05) is 0 Å². The van der Waals surface area contributed by atoms with Gasteiger partial charge in [-0.25, -0.2) is 0 Å². The lowest BCUT2D eigenvalue weighted by Crippen LogP contribution is -1.98. The maximum absolute atomic E-state index is 2.28. The Morgan fingerprint density at radius 1 is 0.833 bits per heavy atom. The zero-order chi connectivity index (χ0) is 8.57. The first-order valence-electron chi connectivity index (χ1n) is 3.54. The van der Waals surface area contributed by atoms with E-state index in [-0.39, 0.29) is 14.9 Å². The van der Waals surface area contributed by atoms with E-state index in [4.69, 9.17) is 0 Å². The quantitative estimate of drug-likeness (QED) is 0.620. The summed E-state index contributed by atoms with van der Waals surface area (Å²) in [4.78, 5) is 0. The zero-order valence-electron chi connectivity index (χ0n) is 8.23. The predicted octanol–water partition coefficient (Wildman–Crippen LogP) is 3.04. The third-order valence-electron chi connectivity index (χ3n) is 0.612. The summed E-state index contributed by atoms with van der Waals surface area (Å²) in [5.74, 6) is 1.40. The van der Waals surface area contributed by atoms with Crippen molar-refractivity contribution in [3.63, 3.8) is 0 Å². The van der Waals surface area contributed by atoms with Crippen LogP contribution < -0.4 is 0 Å².